The Balaban J connectivity index is 1.29. The number of benzene rings is 1. The number of fused-ring (bicyclic) bond motifs is 3. The molecule has 0 aliphatic carbocycles. The third-order valence-corrected chi connectivity index (χ3v) is 9.22. The lowest BCUT2D eigenvalue weighted by Gasteiger charge is -2.50. The Bertz CT molecular complexity index is 1710. The van der Waals surface area contributed by atoms with E-state index in [9.17, 15) is 4.79 Å². The molecule has 2 aliphatic heterocycles. The van der Waals surface area contributed by atoms with Crippen molar-refractivity contribution in [3.63, 3.8) is 0 Å². The van der Waals surface area contributed by atoms with Crippen molar-refractivity contribution in [1.29, 1.82) is 0 Å². The van der Waals surface area contributed by atoms with Gasteiger partial charge in [-0.15, -0.1) is 22.0 Å². The van der Waals surface area contributed by atoms with E-state index in [1.54, 1.807) is 31.9 Å². The van der Waals surface area contributed by atoms with Crippen LogP contribution in [-0.4, -0.2) is 91.4 Å². The van der Waals surface area contributed by atoms with Gasteiger partial charge in [-0.05, 0) is 36.2 Å². The van der Waals surface area contributed by atoms with Gasteiger partial charge in [-0.25, -0.2) is 4.98 Å². The molecule has 4 radical (unpaired) electrons. The van der Waals surface area contributed by atoms with E-state index in [1.165, 1.54) is 0 Å². The summed E-state index contributed by atoms with van der Waals surface area (Å²) in [5, 5.41) is 22.0. The predicted octanol–water partition coefficient (Wildman–Crippen LogP) is 3.51. The minimum Gasteiger partial charge on any atom is -0.372 e. The zero-order valence-corrected chi connectivity index (χ0v) is 26.3. The van der Waals surface area contributed by atoms with Crippen LogP contribution >= 0.6 is 11.8 Å². The molecule has 6 rings (SSSR count). The molecule has 3 aromatic heterocycles. The summed E-state index contributed by atoms with van der Waals surface area (Å²) in [5.41, 5.74) is 6.52. The fourth-order valence-corrected chi connectivity index (χ4v) is 6.52. The normalized spacial score (nSPS) is 16.6. The summed E-state index contributed by atoms with van der Waals surface area (Å²) in [6, 6.07) is 13.8. The first-order chi connectivity index (χ1) is 21.2. The number of nitrogens with one attached hydrogen (secondary N) is 3. The SMILES string of the molecule is [B]C([B])(c1cccc(SCC)n1)N1CC(n2ncc3c2C(C)N(C)c2c(Nc4cc(NC)nnc4C(=O)NC)cccc2-3)C1. The molecule has 5 heterocycles. The fourth-order valence-electron chi connectivity index (χ4n) is 5.89. The van der Waals surface area contributed by atoms with Gasteiger partial charge in [0.2, 0.25) is 0 Å². The van der Waals surface area contributed by atoms with Crippen molar-refractivity contribution < 1.29 is 4.79 Å². The number of thioether (sulfide) groups is 1. The van der Waals surface area contributed by atoms with Gasteiger partial charge in [-0.3, -0.25) is 9.48 Å². The molecule has 11 nitrogen and oxygen atoms in total. The van der Waals surface area contributed by atoms with E-state index >= 15 is 0 Å². The molecule has 1 fully saturated rings. The van der Waals surface area contributed by atoms with Crippen molar-refractivity contribution in [3.05, 3.63) is 65.7 Å². The highest BCUT2D eigenvalue weighted by Gasteiger charge is 2.42. The van der Waals surface area contributed by atoms with Gasteiger partial charge in [0, 0.05) is 57.1 Å². The van der Waals surface area contributed by atoms with Gasteiger partial charge in [0.25, 0.3) is 5.91 Å². The molecule has 1 atom stereocenters. The Hall–Kier alpha value is -4.03. The first-order valence-corrected chi connectivity index (χ1v) is 15.6. The first-order valence-electron chi connectivity index (χ1n) is 14.6. The third kappa shape index (κ3) is 5.09. The van der Waals surface area contributed by atoms with Crippen molar-refractivity contribution in [2.75, 3.05) is 55.5 Å². The Morgan fingerprint density at radius 3 is 2.59 bits per heavy atom. The zero-order chi connectivity index (χ0) is 31.2. The van der Waals surface area contributed by atoms with Crippen molar-refractivity contribution >= 4 is 56.2 Å². The molecule has 2 aliphatic rings. The molecule has 222 valence electrons. The number of hydrogen-bond acceptors (Lipinski definition) is 10. The van der Waals surface area contributed by atoms with Crippen molar-refractivity contribution in [1.82, 2.24) is 35.2 Å². The van der Waals surface area contributed by atoms with Gasteiger partial charge in [-0.1, -0.05) is 25.1 Å². The largest absolute Gasteiger partial charge is 0.372 e. The standard InChI is InChI=1S/C30H34B2N10OS/c1-6-44-25-12-8-11-23(37-25)30(31,32)41-15-18(16-41)42-27-17(2)40(5)28-19(20(27)14-35-42)9-7-10-21(28)36-22-13-24(33-3)38-39-26(22)29(43)34-4/h7-14,17-18H,6,15-16H2,1-5H3,(H,34,43)(H2,33,36,38). The van der Waals surface area contributed by atoms with Crippen molar-refractivity contribution in [2.24, 2.45) is 0 Å². The smallest absolute Gasteiger partial charge is 0.273 e. The summed E-state index contributed by atoms with van der Waals surface area (Å²) in [6.07, 6.45) is 1.94. The molecule has 0 saturated carbocycles. The van der Waals surface area contributed by atoms with Crippen LogP contribution < -0.4 is 20.9 Å². The summed E-state index contributed by atoms with van der Waals surface area (Å²) in [5.74, 6) is 1.15. The van der Waals surface area contributed by atoms with Gasteiger partial charge in [0.15, 0.2) is 11.5 Å². The van der Waals surface area contributed by atoms with Gasteiger partial charge in [0.1, 0.15) is 0 Å². The van der Waals surface area contributed by atoms with E-state index in [0.717, 1.165) is 39.0 Å². The van der Waals surface area contributed by atoms with Crippen LogP contribution in [0.3, 0.4) is 0 Å². The Morgan fingerprint density at radius 1 is 1.09 bits per heavy atom. The minimum absolute atomic E-state index is 0.0174. The maximum Gasteiger partial charge on any atom is 0.273 e. The first kappa shape index (κ1) is 30.0. The topological polar surface area (TPSA) is 116 Å². The third-order valence-electron chi connectivity index (χ3n) is 8.41. The number of nitrogens with zero attached hydrogens (tertiary/aromatic N) is 7. The second-order valence-corrected chi connectivity index (χ2v) is 12.3. The fraction of sp³-hybridized carbons (Fsp3) is 0.367. The number of anilines is 4. The molecule has 1 amide bonds. The Kier molecular flexibility index (Phi) is 8.06. The lowest BCUT2D eigenvalue weighted by atomic mass is 9.57. The van der Waals surface area contributed by atoms with Crippen molar-refractivity contribution in [3.8, 4) is 11.1 Å². The molecule has 0 bridgehead atoms. The van der Waals surface area contributed by atoms with Crippen LogP contribution in [0.2, 0.25) is 0 Å². The molecular formula is C30H34B2N10OS. The molecular weight excluding hydrogens is 570 g/mol. The Morgan fingerprint density at radius 2 is 1.86 bits per heavy atom. The lowest BCUT2D eigenvalue weighted by molar-refractivity contribution is 0.0615. The van der Waals surface area contributed by atoms with Crippen LogP contribution in [0, 0.1) is 0 Å². The molecule has 0 spiro atoms. The van der Waals surface area contributed by atoms with E-state index in [2.05, 4.69) is 62.7 Å². The highest BCUT2D eigenvalue weighted by molar-refractivity contribution is 7.99. The monoisotopic (exact) mass is 604 g/mol. The van der Waals surface area contributed by atoms with E-state index in [-0.39, 0.29) is 23.7 Å². The van der Waals surface area contributed by atoms with Gasteiger partial charge >= 0.3 is 0 Å². The number of pyridine rings is 1. The molecule has 1 aromatic carbocycles. The Labute approximate surface area is 264 Å². The van der Waals surface area contributed by atoms with Crippen LogP contribution in [0.15, 0.2) is 53.7 Å². The van der Waals surface area contributed by atoms with Crippen molar-refractivity contribution in [2.45, 2.75) is 36.3 Å². The average Bonchev–Trinajstić information content (AvgIpc) is 3.43. The molecule has 14 heteroatoms. The highest BCUT2D eigenvalue weighted by Crippen LogP contribution is 2.49. The van der Waals surface area contributed by atoms with Crippen LogP contribution in [0.25, 0.3) is 11.1 Å². The number of rotatable bonds is 9. The van der Waals surface area contributed by atoms with Crippen LogP contribution in [0.1, 0.15) is 47.8 Å². The summed E-state index contributed by atoms with van der Waals surface area (Å²) >= 11 is 1.67. The molecule has 3 N–H and O–H groups in total. The second kappa shape index (κ2) is 11.8. The summed E-state index contributed by atoms with van der Waals surface area (Å²) in [6.45, 7) is 5.58. The lowest BCUT2D eigenvalue weighted by Crippen LogP contribution is -2.60. The molecule has 1 unspecified atom stereocenters. The highest BCUT2D eigenvalue weighted by atomic mass is 32.2. The van der Waals surface area contributed by atoms with Gasteiger partial charge in [0.05, 0.1) is 61.8 Å². The van der Waals surface area contributed by atoms with Crippen LogP contribution in [-0.2, 0) is 5.34 Å². The quantitative estimate of drug-likeness (QED) is 0.194. The number of carbonyl (C=O) groups excluding carboxylic acids is 1. The van der Waals surface area contributed by atoms with Crippen LogP contribution in [0.4, 0.5) is 22.9 Å². The number of carbonyl (C=O) groups is 1. The van der Waals surface area contributed by atoms with Gasteiger partial charge < -0.3 is 25.8 Å². The van der Waals surface area contributed by atoms with E-state index < -0.39 is 5.34 Å². The number of hydrogen-bond donors (Lipinski definition) is 3. The average molecular weight is 604 g/mol. The maximum absolute atomic E-state index is 12.6. The number of para-hydroxylation sites is 1. The summed E-state index contributed by atoms with van der Waals surface area (Å²) in [4.78, 5) is 21.6. The number of aromatic nitrogens is 5. The summed E-state index contributed by atoms with van der Waals surface area (Å²) < 4.78 is 2.12. The summed E-state index contributed by atoms with van der Waals surface area (Å²) in [7, 11) is 18.7. The van der Waals surface area contributed by atoms with E-state index in [4.69, 9.17) is 25.8 Å². The zero-order valence-electron chi connectivity index (χ0n) is 25.5. The number of amides is 1. The van der Waals surface area contributed by atoms with Gasteiger partial charge in [-0.2, -0.15) is 5.10 Å². The minimum atomic E-state index is -1.17. The maximum atomic E-state index is 12.6. The molecule has 1 saturated heterocycles. The van der Waals surface area contributed by atoms with E-state index in [1.807, 2.05) is 41.4 Å². The molecule has 44 heavy (non-hydrogen) atoms. The van der Waals surface area contributed by atoms with E-state index in [0.29, 0.717) is 30.3 Å². The van der Waals surface area contributed by atoms with Crippen LogP contribution in [0.5, 0.6) is 0 Å². The second-order valence-electron chi connectivity index (χ2n) is 11.0. The predicted molar refractivity (Wildman–Crippen MR) is 177 cm³/mol. The number of likely N-dealkylation sites (tertiary alicyclic amines) is 1. The molecule has 4 aromatic rings.